The van der Waals surface area contributed by atoms with Crippen LogP contribution in [0.5, 0.6) is 0 Å². The molecule has 160 valence electrons. The molecule has 2 aromatic carbocycles. The monoisotopic (exact) mass is 435 g/mol. The van der Waals surface area contributed by atoms with Gasteiger partial charge in [0, 0.05) is 56.9 Å². The normalized spacial score (nSPS) is 18.1. The number of aromatic nitrogens is 2. The predicted octanol–water partition coefficient (Wildman–Crippen LogP) is 3.01. The van der Waals surface area contributed by atoms with Gasteiger partial charge in [-0.25, -0.2) is 0 Å². The van der Waals surface area contributed by atoms with E-state index in [1.165, 1.54) is 22.3 Å². The van der Waals surface area contributed by atoms with Crippen molar-refractivity contribution in [2.24, 2.45) is 0 Å². The summed E-state index contributed by atoms with van der Waals surface area (Å²) in [6.07, 6.45) is 0.907. The molecule has 3 heterocycles. The molecule has 6 rings (SSSR count). The molecule has 1 saturated heterocycles. The van der Waals surface area contributed by atoms with E-state index in [-0.39, 0.29) is 24.4 Å². The third-order valence-electron chi connectivity index (χ3n) is 6.78. The van der Waals surface area contributed by atoms with Crippen molar-refractivity contribution in [2.75, 3.05) is 32.7 Å². The Labute approximate surface area is 188 Å². The number of amides is 1. The molecule has 0 bridgehead atoms. The molecule has 0 atom stereocenters. The number of benzene rings is 2. The van der Waals surface area contributed by atoms with Crippen LogP contribution >= 0.6 is 12.4 Å². The number of hydrogen-bond acceptors (Lipinski definition) is 4. The minimum absolute atomic E-state index is 0. The second-order valence-corrected chi connectivity index (χ2v) is 8.36. The van der Waals surface area contributed by atoms with Crippen LogP contribution in [0, 0.1) is 0 Å². The maximum absolute atomic E-state index is 13.2. The Morgan fingerprint density at radius 3 is 2.26 bits per heavy atom. The molecule has 7 heteroatoms. The highest BCUT2D eigenvalue weighted by Crippen LogP contribution is 2.46. The first kappa shape index (κ1) is 20.2. The molecule has 6 nitrogen and oxygen atoms in total. The number of aromatic amines is 1. The van der Waals surface area contributed by atoms with Crippen LogP contribution in [-0.4, -0.2) is 58.6 Å². The summed E-state index contributed by atoms with van der Waals surface area (Å²) in [5, 5.41) is 10.8. The molecule has 1 aliphatic carbocycles. The maximum Gasteiger partial charge on any atom is 0.274 e. The van der Waals surface area contributed by atoms with E-state index >= 15 is 0 Å². The zero-order valence-corrected chi connectivity index (χ0v) is 18.1. The van der Waals surface area contributed by atoms with E-state index in [9.17, 15) is 4.79 Å². The van der Waals surface area contributed by atoms with Crippen LogP contribution in [0.2, 0.25) is 0 Å². The topological polar surface area (TPSA) is 64.3 Å². The van der Waals surface area contributed by atoms with E-state index in [1.54, 1.807) is 0 Å². The van der Waals surface area contributed by atoms with Gasteiger partial charge in [-0.2, -0.15) is 5.10 Å². The fraction of sp³-hybridized carbons (Fsp3) is 0.333. The van der Waals surface area contributed by atoms with Gasteiger partial charge in [0.05, 0.1) is 6.04 Å². The van der Waals surface area contributed by atoms with Gasteiger partial charge in [0.2, 0.25) is 0 Å². The first-order chi connectivity index (χ1) is 14.8. The van der Waals surface area contributed by atoms with Gasteiger partial charge in [0.25, 0.3) is 5.91 Å². The van der Waals surface area contributed by atoms with Gasteiger partial charge in [0.1, 0.15) is 0 Å². The zero-order valence-electron chi connectivity index (χ0n) is 17.3. The fourth-order valence-electron chi connectivity index (χ4n) is 5.26. The van der Waals surface area contributed by atoms with Crippen molar-refractivity contribution in [2.45, 2.75) is 19.0 Å². The van der Waals surface area contributed by atoms with Crippen molar-refractivity contribution in [1.82, 2.24) is 25.3 Å². The van der Waals surface area contributed by atoms with Crippen molar-refractivity contribution in [1.29, 1.82) is 0 Å². The summed E-state index contributed by atoms with van der Waals surface area (Å²) >= 11 is 0. The van der Waals surface area contributed by atoms with E-state index in [0.717, 1.165) is 56.9 Å². The minimum atomic E-state index is 0. The highest BCUT2D eigenvalue weighted by Gasteiger charge is 2.35. The SMILES string of the molecule is Cl.O=C(c1n[nH]c2c1CNCC2)N1CCN(C2c3ccccc3-c3ccccc32)CC1. The first-order valence-electron chi connectivity index (χ1n) is 10.8. The number of piperazine rings is 1. The minimum Gasteiger partial charge on any atom is -0.335 e. The van der Waals surface area contributed by atoms with E-state index in [4.69, 9.17) is 0 Å². The first-order valence-corrected chi connectivity index (χ1v) is 10.8. The van der Waals surface area contributed by atoms with Gasteiger partial charge in [-0.05, 0) is 22.3 Å². The van der Waals surface area contributed by atoms with Gasteiger partial charge < -0.3 is 10.2 Å². The molecule has 1 amide bonds. The predicted molar refractivity (Wildman–Crippen MR) is 122 cm³/mol. The van der Waals surface area contributed by atoms with Gasteiger partial charge in [-0.1, -0.05) is 48.5 Å². The van der Waals surface area contributed by atoms with Crippen molar-refractivity contribution >= 4 is 18.3 Å². The largest absolute Gasteiger partial charge is 0.335 e. The Kier molecular flexibility index (Phi) is 5.30. The summed E-state index contributed by atoms with van der Waals surface area (Å²) in [6.45, 7) is 4.85. The van der Waals surface area contributed by atoms with Crippen LogP contribution < -0.4 is 5.32 Å². The number of H-pyrrole nitrogens is 1. The molecule has 2 aliphatic heterocycles. The van der Waals surface area contributed by atoms with Crippen LogP contribution in [0.3, 0.4) is 0 Å². The highest BCUT2D eigenvalue weighted by molar-refractivity contribution is 5.94. The summed E-state index contributed by atoms with van der Waals surface area (Å²) in [5.74, 6) is 0.0584. The Morgan fingerprint density at radius 1 is 0.935 bits per heavy atom. The van der Waals surface area contributed by atoms with Crippen LogP contribution in [0.4, 0.5) is 0 Å². The Hall–Kier alpha value is -2.67. The lowest BCUT2D eigenvalue weighted by molar-refractivity contribution is 0.0593. The molecular weight excluding hydrogens is 410 g/mol. The zero-order chi connectivity index (χ0) is 20.1. The molecule has 0 spiro atoms. The molecule has 1 aromatic heterocycles. The van der Waals surface area contributed by atoms with Crippen LogP contribution in [0.15, 0.2) is 48.5 Å². The maximum atomic E-state index is 13.2. The van der Waals surface area contributed by atoms with Crippen molar-refractivity contribution in [3.8, 4) is 11.1 Å². The molecule has 31 heavy (non-hydrogen) atoms. The molecular formula is C24H26ClN5O. The molecule has 2 N–H and O–H groups in total. The van der Waals surface area contributed by atoms with Crippen molar-refractivity contribution in [3.63, 3.8) is 0 Å². The average molecular weight is 436 g/mol. The Morgan fingerprint density at radius 2 is 1.58 bits per heavy atom. The molecule has 0 saturated carbocycles. The highest BCUT2D eigenvalue weighted by atomic mass is 35.5. The third-order valence-corrected chi connectivity index (χ3v) is 6.78. The average Bonchev–Trinajstić information content (AvgIpc) is 3.38. The summed E-state index contributed by atoms with van der Waals surface area (Å²) in [4.78, 5) is 17.6. The number of nitrogens with one attached hydrogen (secondary N) is 2. The fourth-order valence-corrected chi connectivity index (χ4v) is 5.26. The summed E-state index contributed by atoms with van der Waals surface area (Å²) in [5.41, 5.74) is 8.20. The number of carbonyl (C=O) groups excluding carboxylic acids is 1. The summed E-state index contributed by atoms with van der Waals surface area (Å²) < 4.78 is 0. The second kappa shape index (κ2) is 8.11. The summed E-state index contributed by atoms with van der Waals surface area (Å²) in [7, 11) is 0. The quantitative estimate of drug-likeness (QED) is 0.649. The van der Waals surface area contributed by atoms with E-state index < -0.39 is 0 Å². The smallest absolute Gasteiger partial charge is 0.274 e. The number of fused-ring (bicyclic) bond motifs is 4. The van der Waals surface area contributed by atoms with Crippen molar-refractivity contribution < 1.29 is 4.79 Å². The molecule has 3 aliphatic rings. The number of halogens is 1. The number of carbonyl (C=O) groups is 1. The van der Waals surface area contributed by atoms with Gasteiger partial charge in [-0.3, -0.25) is 14.8 Å². The van der Waals surface area contributed by atoms with Crippen molar-refractivity contribution in [3.05, 3.63) is 76.6 Å². The molecule has 1 fully saturated rings. The van der Waals surface area contributed by atoms with Gasteiger partial charge in [-0.15, -0.1) is 12.4 Å². The third kappa shape index (κ3) is 3.26. The standard InChI is InChI=1S/C24H25N5O.ClH/c30-24(22-20-15-25-10-9-21(20)26-27-22)29-13-11-28(12-14-29)23-18-7-3-1-5-16(18)17-6-2-4-8-19(17)23;/h1-8,23,25H,9-15H2,(H,26,27);1H. The Balaban J connectivity index is 0.00000204. The number of rotatable bonds is 2. The number of nitrogens with zero attached hydrogens (tertiary/aromatic N) is 3. The lowest BCUT2D eigenvalue weighted by Crippen LogP contribution is -2.50. The molecule has 0 unspecified atom stereocenters. The summed E-state index contributed by atoms with van der Waals surface area (Å²) in [6, 6.07) is 17.7. The van der Waals surface area contributed by atoms with E-state index in [2.05, 4.69) is 68.9 Å². The van der Waals surface area contributed by atoms with Crippen LogP contribution in [0.1, 0.15) is 38.9 Å². The van der Waals surface area contributed by atoms with Gasteiger partial charge in [0.15, 0.2) is 5.69 Å². The van der Waals surface area contributed by atoms with E-state index in [0.29, 0.717) is 5.69 Å². The second-order valence-electron chi connectivity index (χ2n) is 8.36. The van der Waals surface area contributed by atoms with E-state index in [1.807, 2.05) is 4.90 Å². The lowest BCUT2D eigenvalue weighted by atomic mass is 10.0. The Bertz CT molecular complexity index is 1070. The molecule has 3 aromatic rings. The number of hydrogen-bond donors (Lipinski definition) is 2. The lowest BCUT2D eigenvalue weighted by Gasteiger charge is -2.38. The van der Waals surface area contributed by atoms with Gasteiger partial charge >= 0.3 is 0 Å². The molecule has 0 radical (unpaired) electrons. The van der Waals surface area contributed by atoms with Crippen LogP contribution in [-0.2, 0) is 13.0 Å². The van der Waals surface area contributed by atoms with Crippen LogP contribution in [0.25, 0.3) is 11.1 Å².